The smallest absolute Gasteiger partial charge is 0.338 e. The van der Waals surface area contributed by atoms with E-state index in [1.54, 1.807) is 0 Å². The first kappa shape index (κ1) is 15.8. The predicted octanol–water partition coefficient (Wildman–Crippen LogP) is 0.587. The first-order valence-corrected chi connectivity index (χ1v) is 5.45. The first-order chi connectivity index (χ1) is 9.24. The lowest BCUT2D eigenvalue weighted by atomic mass is 10.0. The molecule has 0 atom stereocenters. The fraction of sp³-hybridized carbons (Fsp3) is 0.364. The molecule has 0 fully saturated rings. The Morgan fingerprint density at radius 3 is 2.40 bits per heavy atom. The summed E-state index contributed by atoms with van der Waals surface area (Å²) in [5, 5.41) is 40.3. The zero-order valence-electron chi connectivity index (χ0n) is 10.5. The van der Waals surface area contributed by atoms with Gasteiger partial charge in [-0.1, -0.05) is 0 Å². The van der Waals surface area contributed by atoms with Crippen LogP contribution >= 0.6 is 0 Å². The maximum absolute atomic E-state index is 13.6. The number of benzene rings is 1. The van der Waals surface area contributed by atoms with Crippen molar-refractivity contribution in [2.75, 3.05) is 18.5 Å². The monoisotopic (exact) mass is 288 g/mol. The highest BCUT2D eigenvalue weighted by Gasteiger charge is 2.28. The number of carboxylic acid groups (broad SMARTS) is 1. The van der Waals surface area contributed by atoms with Crippen molar-refractivity contribution >= 4 is 17.3 Å². The molecule has 0 spiro atoms. The van der Waals surface area contributed by atoms with E-state index < -0.39 is 46.7 Å². The quantitative estimate of drug-likeness (QED) is 0.444. The molecule has 0 saturated carbocycles. The molecule has 0 aliphatic carbocycles. The summed E-state index contributed by atoms with van der Waals surface area (Å²) in [5.74, 6) is -2.80. The average Bonchev–Trinajstić information content (AvgIpc) is 2.37. The highest BCUT2D eigenvalue weighted by Crippen LogP contribution is 2.30. The predicted molar refractivity (Wildman–Crippen MR) is 66.2 cm³/mol. The van der Waals surface area contributed by atoms with Gasteiger partial charge in [-0.3, -0.25) is 10.1 Å². The van der Waals surface area contributed by atoms with Crippen LogP contribution in [0.25, 0.3) is 0 Å². The zero-order valence-corrected chi connectivity index (χ0v) is 10.5. The average molecular weight is 288 g/mol. The zero-order chi connectivity index (χ0) is 15.5. The Hall–Kier alpha value is -2.26. The SMILES string of the molecule is CC(CO)(CO)Nc1cc(F)c(C(=O)O)cc1[N+](=O)[O-]. The number of hydrogen-bond acceptors (Lipinski definition) is 6. The van der Waals surface area contributed by atoms with Crippen molar-refractivity contribution < 1.29 is 29.4 Å². The van der Waals surface area contributed by atoms with Crippen LogP contribution in [0.2, 0.25) is 0 Å². The van der Waals surface area contributed by atoms with Gasteiger partial charge in [-0.2, -0.15) is 0 Å². The van der Waals surface area contributed by atoms with Crippen LogP contribution in [-0.4, -0.2) is 45.0 Å². The van der Waals surface area contributed by atoms with Gasteiger partial charge in [-0.15, -0.1) is 0 Å². The van der Waals surface area contributed by atoms with Crippen LogP contribution < -0.4 is 5.32 Å². The second-order valence-electron chi connectivity index (χ2n) is 4.41. The molecule has 0 radical (unpaired) electrons. The molecule has 0 aliphatic heterocycles. The molecule has 0 bridgehead atoms. The Morgan fingerprint density at radius 1 is 1.45 bits per heavy atom. The van der Waals surface area contributed by atoms with Gasteiger partial charge in [0.15, 0.2) is 0 Å². The van der Waals surface area contributed by atoms with Gasteiger partial charge in [-0.05, 0) is 6.92 Å². The number of hydrogen-bond donors (Lipinski definition) is 4. The molecule has 1 aromatic carbocycles. The summed E-state index contributed by atoms with van der Waals surface area (Å²) in [5.41, 5.74) is -3.15. The number of halogens is 1. The molecule has 0 aliphatic rings. The van der Waals surface area contributed by atoms with Crippen LogP contribution in [-0.2, 0) is 0 Å². The number of nitro benzene ring substituents is 1. The number of carboxylic acids is 1. The molecule has 0 aromatic heterocycles. The van der Waals surface area contributed by atoms with E-state index in [1.165, 1.54) is 6.92 Å². The lowest BCUT2D eigenvalue weighted by Crippen LogP contribution is -2.42. The van der Waals surface area contributed by atoms with Gasteiger partial charge in [0.05, 0.1) is 23.7 Å². The highest BCUT2D eigenvalue weighted by molar-refractivity contribution is 5.90. The standard InChI is InChI=1S/C11H13FN2O6/c1-11(4-15,5-16)13-8-3-7(12)6(10(17)18)2-9(8)14(19)20/h2-3,13,15-16H,4-5H2,1H3,(H,17,18). The van der Waals surface area contributed by atoms with Gasteiger partial charge in [0.25, 0.3) is 5.69 Å². The maximum Gasteiger partial charge on any atom is 0.338 e. The fourth-order valence-corrected chi connectivity index (χ4v) is 1.43. The number of nitrogens with one attached hydrogen (secondary N) is 1. The molecule has 8 nitrogen and oxygen atoms in total. The summed E-state index contributed by atoms with van der Waals surface area (Å²) < 4.78 is 13.6. The molecule has 0 amide bonds. The van der Waals surface area contributed by atoms with E-state index >= 15 is 0 Å². The van der Waals surface area contributed by atoms with Crippen LogP contribution in [0, 0.1) is 15.9 Å². The number of aliphatic hydroxyl groups is 2. The Kier molecular flexibility index (Phi) is 4.58. The number of nitrogens with zero attached hydrogens (tertiary/aromatic N) is 1. The van der Waals surface area contributed by atoms with Crippen molar-refractivity contribution in [3.63, 3.8) is 0 Å². The van der Waals surface area contributed by atoms with Crippen LogP contribution in [0.4, 0.5) is 15.8 Å². The number of aliphatic hydroxyl groups excluding tert-OH is 2. The Balaban J connectivity index is 3.36. The Labute approximate surface area is 112 Å². The molecular formula is C11H13FN2O6. The van der Waals surface area contributed by atoms with E-state index in [2.05, 4.69) is 5.32 Å². The molecule has 1 aromatic rings. The van der Waals surface area contributed by atoms with Crippen molar-refractivity contribution in [1.29, 1.82) is 0 Å². The number of nitro groups is 1. The number of aromatic carboxylic acids is 1. The van der Waals surface area contributed by atoms with E-state index in [4.69, 9.17) is 15.3 Å². The lowest BCUT2D eigenvalue weighted by molar-refractivity contribution is -0.384. The van der Waals surface area contributed by atoms with Crippen LogP contribution in [0.5, 0.6) is 0 Å². The molecule has 1 rings (SSSR count). The van der Waals surface area contributed by atoms with Gasteiger partial charge in [0, 0.05) is 12.1 Å². The molecule has 0 unspecified atom stereocenters. The largest absolute Gasteiger partial charge is 0.478 e. The minimum atomic E-state index is -1.63. The summed E-state index contributed by atoms with van der Waals surface area (Å²) in [6.45, 7) is 0.228. The van der Waals surface area contributed by atoms with Crippen molar-refractivity contribution in [2.45, 2.75) is 12.5 Å². The van der Waals surface area contributed by atoms with Crippen molar-refractivity contribution in [3.8, 4) is 0 Å². The molecule has 9 heteroatoms. The molecule has 0 heterocycles. The van der Waals surface area contributed by atoms with E-state index in [0.717, 1.165) is 0 Å². The van der Waals surface area contributed by atoms with Gasteiger partial charge in [-0.25, -0.2) is 9.18 Å². The van der Waals surface area contributed by atoms with E-state index in [0.29, 0.717) is 12.1 Å². The maximum atomic E-state index is 13.6. The third-order valence-corrected chi connectivity index (χ3v) is 2.65. The van der Waals surface area contributed by atoms with Gasteiger partial charge in [0.1, 0.15) is 17.1 Å². The Morgan fingerprint density at radius 2 is 2.00 bits per heavy atom. The molecule has 4 N–H and O–H groups in total. The van der Waals surface area contributed by atoms with Gasteiger partial charge < -0.3 is 20.6 Å². The number of rotatable bonds is 6. The van der Waals surface area contributed by atoms with Crippen molar-refractivity contribution in [3.05, 3.63) is 33.6 Å². The first-order valence-electron chi connectivity index (χ1n) is 5.45. The van der Waals surface area contributed by atoms with Gasteiger partial charge >= 0.3 is 5.97 Å². The summed E-state index contributed by atoms with van der Waals surface area (Å²) >= 11 is 0. The summed E-state index contributed by atoms with van der Waals surface area (Å²) in [6, 6.07) is 1.22. The summed E-state index contributed by atoms with van der Waals surface area (Å²) in [4.78, 5) is 20.8. The number of carbonyl (C=O) groups is 1. The molecule has 0 saturated heterocycles. The molecule has 110 valence electrons. The minimum absolute atomic E-state index is 0.330. The minimum Gasteiger partial charge on any atom is -0.478 e. The summed E-state index contributed by atoms with van der Waals surface area (Å²) in [6.07, 6.45) is 0. The lowest BCUT2D eigenvalue weighted by Gasteiger charge is -2.27. The number of anilines is 1. The third-order valence-electron chi connectivity index (χ3n) is 2.65. The van der Waals surface area contributed by atoms with E-state index in [1.807, 2.05) is 0 Å². The van der Waals surface area contributed by atoms with Crippen molar-refractivity contribution in [1.82, 2.24) is 0 Å². The van der Waals surface area contributed by atoms with Crippen molar-refractivity contribution in [2.24, 2.45) is 0 Å². The molecule has 20 heavy (non-hydrogen) atoms. The fourth-order valence-electron chi connectivity index (χ4n) is 1.43. The second kappa shape index (κ2) is 5.80. The third kappa shape index (κ3) is 3.19. The summed E-state index contributed by atoms with van der Waals surface area (Å²) in [7, 11) is 0. The van der Waals surface area contributed by atoms with E-state index in [9.17, 15) is 19.3 Å². The molecular weight excluding hydrogens is 275 g/mol. The van der Waals surface area contributed by atoms with E-state index in [-0.39, 0.29) is 5.69 Å². The van der Waals surface area contributed by atoms with Crippen LogP contribution in [0.1, 0.15) is 17.3 Å². The van der Waals surface area contributed by atoms with Gasteiger partial charge in [0.2, 0.25) is 0 Å². The van der Waals surface area contributed by atoms with Crippen LogP contribution in [0.3, 0.4) is 0 Å². The topological polar surface area (TPSA) is 133 Å². The normalized spacial score (nSPS) is 11.2. The second-order valence-corrected chi connectivity index (χ2v) is 4.41. The Bertz CT molecular complexity index is 544. The van der Waals surface area contributed by atoms with Crippen LogP contribution in [0.15, 0.2) is 12.1 Å². The highest BCUT2D eigenvalue weighted by atomic mass is 19.1.